The first-order valence-corrected chi connectivity index (χ1v) is 52.9. The van der Waals surface area contributed by atoms with Crippen LogP contribution in [0.5, 0.6) is 0 Å². The van der Waals surface area contributed by atoms with Crippen LogP contribution in [0.1, 0.15) is 616 Å². The van der Waals surface area contributed by atoms with Crippen molar-refractivity contribution >= 4 is 0 Å². The Morgan fingerprint density at radius 3 is 0.427 bits per heavy atom. The molecule has 4 aliphatic rings. The summed E-state index contributed by atoms with van der Waals surface area (Å²) in [7, 11) is 0. The van der Waals surface area contributed by atoms with Gasteiger partial charge in [0.25, 0.3) is 0 Å². The quantitative estimate of drug-likeness (QED) is 0.0713. The second kappa shape index (κ2) is 48.1. The lowest BCUT2D eigenvalue weighted by Crippen LogP contribution is -2.17. The molecule has 0 atom stereocenters. The third kappa shape index (κ3) is 26.3. The molecule has 0 aromatic heterocycles. The van der Waals surface area contributed by atoms with Crippen molar-refractivity contribution in [3.05, 3.63) is 346 Å². The molecule has 0 fully saturated rings. The minimum atomic E-state index is 0.583. The molecule has 712 valence electrons. The van der Waals surface area contributed by atoms with E-state index < -0.39 is 0 Å². The van der Waals surface area contributed by atoms with Crippen LogP contribution in [0.2, 0.25) is 0 Å². The number of benzene rings is 10. The summed E-state index contributed by atoms with van der Waals surface area (Å²) < 4.78 is 0. The summed E-state index contributed by atoms with van der Waals surface area (Å²) in [4.78, 5) is 0. The number of hydrogen-bond acceptors (Lipinski definition) is 0. The van der Waals surface area contributed by atoms with E-state index in [2.05, 4.69) is 436 Å². The van der Waals surface area contributed by atoms with E-state index in [-0.39, 0.29) is 0 Å². The first kappa shape index (κ1) is 109. The Hall–Kier alpha value is -7.80. The monoisotopic (exact) mass is 1760 g/mol. The van der Waals surface area contributed by atoms with Crippen LogP contribution in [0, 0.1) is 0 Å². The zero-order valence-corrected chi connectivity index (χ0v) is 91.8. The van der Waals surface area contributed by atoms with Crippen LogP contribution in [0.3, 0.4) is 0 Å². The van der Waals surface area contributed by atoms with Gasteiger partial charge >= 0.3 is 0 Å². The zero-order valence-electron chi connectivity index (χ0n) is 91.8. The predicted molar refractivity (Wildman–Crippen MR) is 585 cm³/mol. The van der Waals surface area contributed by atoms with Gasteiger partial charge in [-0.05, 0) is 370 Å². The molecule has 14 rings (SSSR count). The van der Waals surface area contributed by atoms with E-state index in [9.17, 15) is 0 Å². The van der Waals surface area contributed by atoms with Gasteiger partial charge in [0, 0.05) is 0 Å². The number of rotatable bonds is 20. The molecule has 0 bridgehead atoms. The molecule has 10 aromatic rings. The molecule has 0 amide bonds. The maximum absolute atomic E-state index is 2.53. The third-order valence-corrected chi connectivity index (χ3v) is 28.8. The zero-order chi connectivity index (χ0) is 97.7. The topological polar surface area (TPSA) is 0 Å². The van der Waals surface area contributed by atoms with E-state index in [1.807, 2.05) is 0 Å². The van der Waals surface area contributed by atoms with Gasteiger partial charge in [0.05, 0.1) is 0 Å². The Morgan fingerprint density at radius 1 is 0.137 bits per heavy atom. The summed E-state index contributed by atoms with van der Waals surface area (Å²) in [5.74, 6) is 12.0. The summed E-state index contributed by atoms with van der Waals surface area (Å²) in [6.07, 6.45) is 10.1. The van der Waals surface area contributed by atoms with Crippen LogP contribution in [-0.2, 0) is 51.4 Å². The van der Waals surface area contributed by atoms with Gasteiger partial charge in [-0.2, -0.15) is 0 Å². The van der Waals surface area contributed by atoms with Crippen LogP contribution in [0.25, 0.3) is 0 Å². The largest absolute Gasteiger partial charge is 0.0656 e. The summed E-state index contributed by atoms with van der Waals surface area (Å²) in [5, 5.41) is 0. The van der Waals surface area contributed by atoms with Crippen molar-refractivity contribution in [3.8, 4) is 0 Å². The predicted octanol–water partition coefficient (Wildman–Crippen LogP) is 40.0. The van der Waals surface area contributed by atoms with Gasteiger partial charge in [-0.15, -0.1) is 0 Å². The van der Waals surface area contributed by atoms with Gasteiger partial charge in [0.2, 0.25) is 0 Å². The van der Waals surface area contributed by atoms with Crippen LogP contribution < -0.4 is 0 Å². The molecule has 0 radical (unpaired) electrons. The van der Waals surface area contributed by atoms with Crippen LogP contribution in [0.4, 0.5) is 0 Å². The highest BCUT2D eigenvalue weighted by molar-refractivity contribution is 5.61. The number of hydrogen-bond donors (Lipinski definition) is 0. The second-order valence-corrected chi connectivity index (χ2v) is 46.3. The molecular weight excluding hydrogens is 1570 g/mol. The lowest BCUT2D eigenvalue weighted by molar-refractivity contribution is 0.750. The second-order valence-electron chi connectivity index (χ2n) is 46.3. The molecule has 10 aromatic carbocycles. The van der Waals surface area contributed by atoms with E-state index in [0.717, 1.165) is 51.4 Å². The van der Waals surface area contributed by atoms with Crippen molar-refractivity contribution in [3.63, 3.8) is 0 Å². The van der Waals surface area contributed by atoms with Gasteiger partial charge in [-0.1, -0.05) is 443 Å². The van der Waals surface area contributed by atoms with E-state index in [1.165, 1.54) is 28.7 Å². The van der Waals surface area contributed by atoms with Crippen LogP contribution >= 0.6 is 0 Å². The lowest BCUT2D eigenvalue weighted by atomic mass is 9.74. The normalized spacial score (nSPS) is 13.1. The molecule has 0 unspecified atom stereocenters. The molecule has 0 saturated carbocycles. The van der Waals surface area contributed by atoms with Crippen molar-refractivity contribution in [1.82, 2.24) is 0 Å². The van der Waals surface area contributed by atoms with Gasteiger partial charge in [-0.25, -0.2) is 0 Å². The minimum absolute atomic E-state index is 0.583. The molecule has 4 aliphatic carbocycles. The Balaban J connectivity index is 0.000000197. The standard InChI is InChI=1S/4C26H36.2C12H18.C3H8/c1-15(2)23-11-19-9-21-13-25(17(5)6)26(18(7)8)14-22(21)10-20(19)12-24(23)16(3)4;1-15(2)21-11-9-19-14-24-20(13-23(19)25(21)17(5)6)10-12-22(16(3)4)26(24)18(7)8;1-15(2)21-11-9-19-13-20-10-12-22(16(3)4)26(18(7)8)24(20)14-23(19)25(21)17(5)6;1-15(2)22-10-9-19-11-20-12-23(16(3)4)24(17(5)6)13-21(20)14-25(19)26(22)18(7)8;2*1-9(2)11-7-5-6-8-12(11)10(3)4;1-3-2/h11-18H,9-10H2,1-8H3;2*9-12,15-18H,13-14H2,1-8H3;9-10,12-13,15-18H,11,14H2,1-8H3;2*5-10H,1-4H3;3H2,1-2H3. The fourth-order valence-electron chi connectivity index (χ4n) is 22.3. The van der Waals surface area contributed by atoms with Crippen molar-refractivity contribution in [2.24, 2.45) is 0 Å². The lowest BCUT2D eigenvalue weighted by Gasteiger charge is -2.31. The third-order valence-electron chi connectivity index (χ3n) is 28.8. The van der Waals surface area contributed by atoms with Gasteiger partial charge in [-0.3, -0.25) is 0 Å². The highest BCUT2D eigenvalue weighted by atomic mass is 14.4. The van der Waals surface area contributed by atoms with Crippen LogP contribution in [0.15, 0.2) is 146 Å². The molecule has 0 heterocycles. The van der Waals surface area contributed by atoms with Crippen molar-refractivity contribution in [1.29, 1.82) is 0 Å². The van der Waals surface area contributed by atoms with Crippen molar-refractivity contribution < 1.29 is 0 Å². The average Bonchev–Trinajstić information content (AvgIpc) is 0.779. The molecule has 0 aliphatic heterocycles. The van der Waals surface area contributed by atoms with Gasteiger partial charge in [0.15, 0.2) is 0 Å². The van der Waals surface area contributed by atoms with Gasteiger partial charge < -0.3 is 0 Å². The summed E-state index contributed by atoms with van der Waals surface area (Å²) in [5.41, 5.74) is 56.3. The molecule has 0 saturated heterocycles. The van der Waals surface area contributed by atoms with E-state index >= 15 is 0 Å². The molecular formula is C131H188. The highest BCUT2D eigenvalue weighted by Gasteiger charge is 2.32. The highest BCUT2D eigenvalue weighted by Crippen LogP contribution is 2.47. The summed E-state index contributed by atoms with van der Waals surface area (Å²) >= 11 is 0. The number of fused-ring (bicyclic) bond motifs is 8. The Labute approximate surface area is 807 Å². The van der Waals surface area contributed by atoms with Crippen molar-refractivity contribution in [2.75, 3.05) is 0 Å². The molecule has 0 N–H and O–H groups in total. The molecule has 0 heteroatoms. The maximum Gasteiger partial charge on any atom is -0.00142 e. The summed E-state index contributed by atoms with van der Waals surface area (Å²) in [6, 6.07) is 56.6. The molecule has 0 nitrogen and oxygen atoms in total. The Kier molecular flexibility index (Phi) is 39.8. The van der Waals surface area contributed by atoms with Crippen molar-refractivity contribution in [2.45, 2.75) is 467 Å². The maximum atomic E-state index is 2.53. The van der Waals surface area contributed by atoms with E-state index in [0.29, 0.717) is 118 Å². The Bertz CT molecular complexity index is 4870. The molecule has 0 spiro atoms. The van der Waals surface area contributed by atoms with Crippen LogP contribution in [-0.4, -0.2) is 0 Å². The smallest absolute Gasteiger partial charge is 0.00142 e. The average molecular weight is 1760 g/mol. The fraction of sp³-hybridized carbons (Fsp3) is 0.542. The Morgan fingerprint density at radius 2 is 0.267 bits per heavy atom. The van der Waals surface area contributed by atoms with E-state index in [1.54, 1.807) is 178 Å². The molecule has 131 heavy (non-hydrogen) atoms. The first-order valence-electron chi connectivity index (χ1n) is 52.9. The van der Waals surface area contributed by atoms with E-state index in [4.69, 9.17) is 0 Å². The minimum Gasteiger partial charge on any atom is -0.0656 e. The fourth-order valence-corrected chi connectivity index (χ4v) is 22.3. The first-order chi connectivity index (χ1) is 61.5. The van der Waals surface area contributed by atoms with Gasteiger partial charge in [0.1, 0.15) is 0 Å². The SMILES string of the molecule is CC(C)c1cc2c(cc1C(C)C)Cc1c(ccc(C(C)C)c1C(C)C)C2.CC(C)c1cc2c(cc1C(C)C)Cc1cc(C(C)C)c(C(C)C)cc1C2.CC(C)c1ccc2c(c1C(C)C)Cc1c(ccc(C(C)C)c1C(C)C)C2.CC(C)c1ccc2c(c1C(C)C)Cc1ccc(C(C)C)c(C(C)C)c1C2.CC(C)c1ccccc1C(C)C.CC(C)c1ccccc1C(C)C.CCC. The summed E-state index contributed by atoms with van der Waals surface area (Å²) in [6.45, 7) is 97.2.